The first-order valence-electron chi connectivity index (χ1n) is 10.00. The number of amides is 2. The molecule has 0 spiro atoms. The Labute approximate surface area is 179 Å². The molecule has 1 aromatic heterocycles. The second-order valence-corrected chi connectivity index (χ2v) is 7.07. The number of rotatable bonds is 6. The van der Waals surface area contributed by atoms with Crippen LogP contribution in [0.1, 0.15) is 30.8 Å². The van der Waals surface area contributed by atoms with E-state index >= 15 is 0 Å². The highest BCUT2D eigenvalue weighted by molar-refractivity contribution is 5.99. The molecule has 0 radical (unpaired) electrons. The second-order valence-electron chi connectivity index (χ2n) is 7.07. The molecule has 0 fully saturated rings. The molecule has 2 N–H and O–H groups in total. The van der Waals surface area contributed by atoms with Gasteiger partial charge in [-0.25, -0.2) is 9.48 Å². The number of hydrogen-bond donors (Lipinski definition) is 2. The summed E-state index contributed by atoms with van der Waals surface area (Å²) in [5, 5.41) is 17.2. The van der Waals surface area contributed by atoms with Crippen molar-refractivity contribution in [3.8, 4) is 5.75 Å². The predicted octanol–water partition coefficient (Wildman–Crippen LogP) is 3.90. The molecular formula is C22H23N7O2. The molecule has 2 amide bonds. The number of aryl methyl sites for hydroxylation is 2. The summed E-state index contributed by atoms with van der Waals surface area (Å²) in [6.07, 6.45) is 5.04. The number of aromatic nitrogens is 4. The number of carbonyl (C=O) groups is 1. The Morgan fingerprint density at radius 3 is 2.39 bits per heavy atom. The van der Waals surface area contributed by atoms with Gasteiger partial charge in [0.15, 0.2) is 5.82 Å². The summed E-state index contributed by atoms with van der Waals surface area (Å²) < 4.78 is 7.57. The molecule has 31 heavy (non-hydrogen) atoms. The Kier molecular flexibility index (Phi) is 6.02. The van der Waals surface area contributed by atoms with E-state index in [-0.39, 0.29) is 12.1 Å². The van der Waals surface area contributed by atoms with Gasteiger partial charge < -0.3 is 15.4 Å². The topological polar surface area (TPSA) is 106 Å². The lowest BCUT2D eigenvalue weighted by Crippen LogP contribution is -2.19. The van der Waals surface area contributed by atoms with Crippen molar-refractivity contribution in [1.82, 2.24) is 20.2 Å². The van der Waals surface area contributed by atoms with Crippen LogP contribution in [-0.4, -0.2) is 32.5 Å². The fourth-order valence-corrected chi connectivity index (χ4v) is 3.17. The molecule has 0 aliphatic carbocycles. The van der Waals surface area contributed by atoms with Crippen molar-refractivity contribution < 1.29 is 9.53 Å². The Balaban J connectivity index is 1.31. The van der Waals surface area contributed by atoms with Crippen LogP contribution >= 0.6 is 0 Å². The zero-order chi connectivity index (χ0) is 21.6. The molecule has 1 aliphatic heterocycles. The third-order valence-corrected chi connectivity index (χ3v) is 4.85. The first-order chi connectivity index (χ1) is 15.1. The van der Waals surface area contributed by atoms with Crippen LogP contribution in [0, 0.1) is 0 Å². The summed E-state index contributed by atoms with van der Waals surface area (Å²) in [5.74, 6) is 2.11. The maximum Gasteiger partial charge on any atom is 0.323 e. The number of nitrogens with one attached hydrogen (secondary N) is 2. The minimum Gasteiger partial charge on any atom is -0.462 e. The molecule has 1 unspecified atom stereocenters. The van der Waals surface area contributed by atoms with E-state index in [9.17, 15) is 4.79 Å². The Morgan fingerprint density at radius 2 is 1.77 bits per heavy atom. The molecule has 0 bridgehead atoms. The van der Waals surface area contributed by atoms with Crippen molar-refractivity contribution in [2.75, 3.05) is 10.6 Å². The average molecular weight is 417 g/mol. The number of tetrazole rings is 1. The summed E-state index contributed by atoms with van der Waals surface area (Å²) in [7, 11) is 1.78. The maximum absolute atomic E-state index is 12.2. The number of urea groups is 1. The highest BCUT2D eigenvalue weighted by Gasteiger charge is 2.21. The van der Waals surface area contributed by atoms with Gasteiger partial charge in [-0.15, -0.1) is 5.10 Å². The van der Waals surface area contributed by atoms with Crippen LogP contribution < -0.4 is 15.4 Å². The molecule has 158 valence electrons. The smallest absolute Gasteiger partial charge is 0.323 e. The van der Waals surface area contributed by atoms with Gasteiger partial charge in [-0.2, -0.15) is 0 Å². The van der Waals surface area contributed by atoms with Gasteiger partial charge in [0.1, 0.15) is 17.6 Å². The number of ether oxygens (including phenoxy) is 1. The van der Waals surface area contributed by atoms with Gasteiger partial charge in [-0.05, 0) is 64.9 Å². The van der Waals surface area contributed by atoms with Crippen molar-refractivity contribution >= 4 is 23.6 Å². The zero-order valence-electron chi connectivity index (χ0n) is 17.3. The number of dihydropyridines is 1. The quantitative estimate of drug-likeness (QED) is 0.633. The molecule has 9 heteroatoms. The van der Waals surface area contributed by atoms with Gasteiger partial charge >= 0.3 is 6.03 Å². The minimum atomic E-state index is -0.302. The van der Waals surface area contributed by atoms with Crippen LogP contribution in [0.3, 0.4) is 0 Å². The van der Waals surface area contributed by atoms with E-state index in [1.54, 1.807) is 42.2 Å². The number of hydrogen-bond acceptors (Lipinski definition) is 6. The number of anilines is 2. The second kappa shape index (κ2) is 9.21. The van der Waals surface area contributed by atoms with E-state index in [0.29, 0.717) is 23.7 Å². The molecule has 1 atom stereocenters. The Hall–Kier alpha value is -4.01. The molecule has 4 rings (SSSR count). The molecular weight excluding hydrogens is 394 g/mol. The minimum absolute atomic E-state index is 0.184. The lowest BCUT2D eigenvalue weighted by atomic mass is 10.1. The van der Waals surface area contributed by atoms with Crippen LogP contribution in [-0.2, 0) is 13.5 Å². The summed E-state index contributed by atoms with van der Waals surface area (Å²) in [4.78, 5) is 16.6. The highest BCUT2D eigenvalue weighted by Crippen LogP contribution is 2.27. The van der Waals surface area contributed by atoms with Crippen LogP contribution in [0.25, 0.3) is 0 Å². The van der Waals surface area contributed by atoms with Crippen LogP contribution in [0.5, 0.6) is 5.75 Å². The van der Waals surface area contributed by atoms with Crippen molar-refractivity contribution in [2.45, 2.75) is 25.8 Å². The molecule has 0 saturated carbocycles. The summed E-state index contributed by atoms with van der Waals surface area (Å²) in [6.45, 7) is 2.09. The third kappa shape index (κ3) is 5.13. The summed E-state index contributed by atoms with van der Waals surface area (Å²) in [5.41, 5.74) is 2.63. The van der Waals surface area contributed by atoms with Crippen molar-refractivity contribution in [3.63, 3.8) is 0 Å². The molecule has 1 aliphatic rings. The molecule has 3 aromatic rings. The first-order valence-corrected chi connectivity index (χ1v) is 10.00. The van der Waals surface area contributed by atoms with Crippen LogP contribution in [0.15, 0.2) is 65.4 Å². The number of allylic oxidation sites excluding steroid dienone is 1. The zero-order valence-corrected chi connectivity index (χ0v) is 17.3. The molecule has 9 nitrogen and oxygen atoms in total. The van der Waals surface area contributed by atoms with E-state index in [0.717, 1.165) is 17.9 Å². The monoisotopic (exact) mass is 417 g/mol. The van der Waals surface area contributed by atoms with E-state index in [1.807, 2.05) is 30.3 Å². The Morgan fingerprint density at radius 1 is 1.10 bits per heavy atom. The van der Waals surface area contributed by atoms with Gasteiger partial charge in [0, 0.05) is 31.1 Å². The van der Waals surface area contributed by atoms with Gasteiger partial charge in [0.2, 0.25) is 0 Å². The van der Waals surface area contributed by atoms with E-state index in [1.165, 1.54) is 5.56 Å². The van der Waals surface area contributed by atoms with E-state index < -0.39 is 0 Å². The van der Waals surface area contributed by atoms with Crippen LogP contribution in [0.4, 0.5) is 16.2 Å². The van der Waals surface area contributed by atoms with Crippen molar-refractivity contribution in [1.29, 1.82) is 0 Å². The van der Waals surface area contributed by atoms with Gasteiger partial charge in [0.25, 0.3) is 0 Å². The molecule has 0 saturated heterocycles. The third-order valence-electron chi connectivity index (χ3n) is 4.85. The van der Waals surface area contributed by atoms with Gasteiger partial charge in [-0.1, -0.05) is 19.1 Å². The van der Waals surface area contributed by atoms with Crippen LogP contribution in [0.2, 0.25) is 0 Å². The number of aliphatic imine (C=N–C) groups is 1. The van der Waals surface area contributed by atoms with Crippen molar-refractivity contribution in [3.05, 3.63) is 71.8 Å². The fraction of sp³-hybridized carbons (Fsp3) is 0.227. The maximum atomic E-state index is 12.2. The molecule has 2 heterocycles. The highest BCUT2D eigenvalue weighted by atomic mass is 16.5. The predicted molar refractivity (Wildman–Crippen MR) is 118 cm³/mol. The number of benzene rings is 2. The largest absolute Gasteiger partial charge is 0.462 e. The van der Waals surface area contributed by atoms with E-state index in [4.69, 9.17) is 4.74 Å². The Bertz CT molecular complexity index is 1100. The summed E-state index contributed by atoms with van der Waals surface area (Å²) in [6, 6.07) is 14.5. The standard InChI is InChI=1S/C22H23N7O2/c1-3-15-4-6-16(7-5-15)24-22(30)25-17-8-10-18(11-9-17)31-19-12-13-23-20(14-19)21-26-27-28-29(21)2/h4-13,20H,3,14H2,1-2H3,(H2,24,25,30). The normalized spacial score (nSPS) is 15.3. The first kappa shape index (κ1) is 20.3. The lowest BCUT2D eigenvalue weighted by molar-refractivity contribution is 0.262. The molecule has 2 aromatic carbocycles. The van der Waals surface area contributed by atoms with E-state index in [2.05, 4.69) is 38.1 Å². The number of nitrogens with zero attached hydrogens (tertiary/aromatic N) is 5. The van der Waals surface area contributed by atoms with Gasteiger partial charge in [-0.3, -0.25) is 4.99 Å². The average Bonchev–Trinajstić information content (AvgIpc) is 3.22. The SMILES string of the molecule is CCc1ccc(NC(=O)Nc2ccc(OC3=CC=NC(c4nnnn4C)C3)cc2)cc1. The number of carbonyl (C=O) groups excluding carboxylic acids is 1. The summed E-state index contributed by atoms with van der Waals surface area (Å²) >= 11 is 0. The lowest BCUT2D eigenvalue weighted by Gasteiger charge is -2.17. The fourth-order valence-electron chi connectivity index (χ4n) is 3.17. The van der Waals surface area contributed by atoms with Gasteiger partial charge in [0.05, 0.1) is 0 Å². The van der Waals surface area contributed by atoms with Crippen molar-refractivity contribution in [2.24, 2.45) is 12.0 Å².